The molecule has 0 atom stereocenters. The Kier molecular flexibility index (Phi) is 5.30. The maximum Gasteiger partial charge on any atom is 0.425 e. The van der Waals surface area contributed by atoms with Crippen molar-refractivity contribution in [1.29, 1.82) is 0 Å². The third kappa shape index (κ3) is 4.18. The van der Waals surface area contributed by atoms with Gasteiger partial charge in [0, 0.05) is 24.5 Å². The predicted molar refractivity (Wildman–Crippen MR) is 115 cm³/mol. The van der Waals surface area contributed by atoms with E-state index in [1.54, 1.807) is 24.5 Å². The van der Waals surface area contributed by atoms with E-state index in [4.69, 9.17) is 9.47 Å². The quantitative estimate of drug-likeness (QED) is 0.444. The molecule has 164 valence electrons. The molecule has 1 aromatic carbocycles. The van der Waals surface area contributed by atoms with Crippen molar-refractivity contribution in [2.45, 2.75) is 12.6 Å². The van der Waals surface area contributed by atoms with Gasteiger partial charge in [-0.25, -0.2) is 9.97 Å². The number of thiophene rings is 1. The Hall–Kier alpha value is -3.40. The van der Waals surface area contributed by atoms with Gasteiger partial charge in [0.15, 0.2) is 17.3 Å². The van der Waals surface area contributed by atoms with Crippen LogP contribution < -0.4 is 14.8 Å². The number of anilines is 1. The number of fused-ring (bicyclic) bond motifs is 2. The van der Waals surface area contributed by atoms with E-state index in [2.05, 4.69) is 20.3 Å². The lowest BCUT2D eigenvalue weighted by Crippen LogP contribution is -2.15. The molecule has 1 aliphatic heterocycles. The van der Waals surface area contributed by atoms with Gasteiger partial charge in [0.2, 0.25) is 0 Å². The number of nitrogens with zero attached hydrogens (tertiary/aromatic N) is 3. The van der Waals surface area contributed by atoms with E-state index < -0.39 is 11.1 Å². The van der Waals surface area contributed by atoms with Gasteiger partial charge in [-0.1, -0.05) is 6.07 Å². The van der Waals surface area contributed by atoms with E-state index in [0.717, 1.165) is 11.6 Å². The average molecular weight is 458 g/mol. The van der Waals surface area contributed by atoms with Crippen molar-refractivity contribution in [1.82, 2.24) is 15.0 Å². The third-order valence-electron chi connectivity index (χ3n) is 4.92. The number of ether oxygens (including phenoxy) is 2. The van der Waals surface area contributed by atoms with Crippen molar-refractivity contribution >= 4 is 27.4 Å². The Morgan fingerprint density at radius 1 is 0.969 bits per heavy atom. The van der Waals surface area contributed by atoms with Crippen LogP contribution in [0.3, 0.4) is 0 Å². The molecule has 0 radical (unpaired) electrons. The summed E-state index contributed by atoms with van der Waals surface area (Å²) in [6, 6.07) is 10.3. The number of benzene rings is 1. The Morgan fingerprint density at radius 2 is 1.75 bits per heavy atom. The fourth-order valence-electron chi connectivity index (χ4n) is 3.39. The molecule has 0 unspecified atom stereocenters. The molecule has 6 nitrogen and oxygen atoms in total. The standard InChI is InChI=1S/C22H17F3N4O2S/c23-22(24,25)18-12-15-20(28-19(29-21(15)32-18)14-4-6-26-7-5-14)27-8-3-13-1-2-16-17(11-13)31-10-9-30-16/h1-2,4-7,11-12H,3,8-10H2,(H,27,28,29). The minimum absolute atomic E-state index is 0.279. The Labute approximate surface area is 185 Å². The van der Waals surface area contributed by atoms with Crippen LogP contribution in [0, 0.1) is 0 Å². The van der Waals surface area contributed by atoms with Crippen LogP contribution in [0.1, 0.15) is 10.4 Å². The summed E-state index contributed by atoms with van der Waals surface area (Å²) in [6.07, 6.45) is -0.630. The number of halogens is 3. The topological polar surface area (TPSA) is 69.2 Å². The highest BCUT2D eigenvalue weighted by atomic mass is 32.1. The third-order valence-corrected chi connectivity index (χ3v) is 6.00. The minimum atomic E-state index is -4.44. The molecule has 4 aromatic rings. The first-order valence-electron chi connectivity index (χ1n) is 9.89. The fourth-order valence-corrected chi connectivity index (χ4v) is 4.29. The normalized spacial score (nSPS) is 13.3. The monoisotopic (exact) mass is 458 g/mol. The zero-order valence-corrected chi connectivity index (χ0v) is 17.5. The summed E-state index contributed by atoms with van der Waals surface area (Å²) in [5.74, 6) is 2.12. The van der Waals surface area contributed by atoms with Crippen molar-refractivity contribution < 1.29 is 22.6 Å². The SMILES string of the molecule is FC(F)(F)c1cc2c(NCCc3ccc4c(c3)OCCO4)nc(-c3ccncc3)nc2s1. The molecule has 1 aliphatic rings. The number of nitrogens with one attached hydrogen (secondary N) is 1. The lowest BCUT2D eigenvalue weighted by Gasteiger charge is -2.19. The summed E-state index contributed by atoms with van der Waals surface area (Å²) in [5.41, 5.74) is 1.70. The van der Waals surface area contributed by atoms with Gasteiger partial charge in [0.05, 0.1) is 5.39 Å². The Bertz CT molecular complexity index is 1260. The second kappa shape index (κ2) is 8.27. The van der Waals surface area contributed by atoms with Gasteiger partial charge in [-0.2, -0.15) is 13.2 Å². The molecular weight excluding hydrogens is 441 g/mol. The van der Waals surface area contributed by atoms with Crippen LogP contribution >= 0.6 is 11.3 Å². The average Bonchev–Trinajstić information content (AvgIpc) is 3.25. The smallest absolute Gasteiger partial charge is 0.425 e. The van der Waals surface area contributed by atoms with E-state index in [1.165, 1.54) is 0 Å². The van der Waals surface area contributed by atoms with Gasteiger partial charge in [-0.15, -0.1) is 11.3 Å². The van der Waals surface area contributed by atoms with E-state index in [0.29, 0.717) is 71.6 Å². The molecule has 0 saturated heterocycles. The number of alkyl halides is 3. The first-order valence-corrected chi connectivity index (χ1v) is 10.7. The minimum Gasteiger partial charge on any atom is -0.486 e. The zero-order valence-electron chi connectivity index (χ0n) is 16.6. The van der Waals surface area contributed by atoms with E-state index in [-0.39, 0.29) is 4.83 Å². The molecule has 0 fully saturated rings. The van der Waals surface area contributed by atoms with Gasteiger partial charge in [0.1, 0.15) is 28.7 Å². The molecule has 32 heavy (non-hydrogen) atoms. The first-order chi connectivity index (χ1) is 15.5. The van der Waals surface area contributed by atoms with Crippen LogP contribution in [0.25, 0.3) is 21.6 Å². The molecule has 0 aliphatic carbocycles. The molecule has 1 N–H and O–H groups in total. The lowest BCUT2D eigenvalue weighted by molar-refractivity contribution is -0.134. The molecule has 0 spiro atoms. The number of hydrogen-bond acceptors (Lipinski definition) is 7. The highest BCUT2D eigenvalue weighted by molar-refractivity contribution is 7.18. The van der Waals surface area contributed by atoms with Crippen molar-refractivity contribution in [3.8, 4) is 22.9 Å². The second-order valence-electron chi connectivity index (χ2n) is 7.11. The highest BCUT2D eigenvalue weighted by Gasteiger charge is 2.33. The lowest BCUT2D eigenvalue weighted by atomic mass is 10.1. The van der Waals surface area contributed by atoms with E-state index >= 15 is 0 Å². The second-order valence-corrected chi connectivity index (χ2v) is 8.14. The molecule has 0 saturated carbocycles. The Balaban J connectivity index is 1.43. The summed E-state index contributed by atoms with van der Waals surface area (Å²) in [4.78, 5) is 12.4. The summed E-state index contributed by atoms with van der Waals surface area (Å²) in [5, 5.41) is 3.54. The van der Waals surface area contributed by atoms with Gasteiger partial charge in [0.25, 0.3) is 0 Å². The molecule has 0 amide bonds. The summed E-state index contributed by atoms with van der Waals surface area (Å²) in [7, 11) is 0. The van der Waals surface area contributed by atoms with Crippen molar-refractivity contribution in [3.05, 3.63) is 59.2 Å². The molecule has 4 heterocycles. The maximum atomic E-state index is 13.3. The number of hydrogen-bond donors (Lipinski definition) is 1. The van der Waals surface area contributed by atoms with Gasteiger partial charge < -0.3 is 14.8 Å². The Morgan fingerprint density at radius 3 is 2.53 bits per heavy atom. The maximum absolute atomic E-state index is 13.3. The number of rotatable bonds is 5. The molecule has 10 heteroatoms. The summed E-state index contributed by atoms with van der Waals surface area (Å²) >= 11 is 0.610. The number of aromatic nitrogens is 3. The molecule has 3 aromatic heterocycles. The van der Waals surface area contributed by atoms with Crippen LogP contribution in [0.2, 0.25) is 0 Å². The van der Waals surface area contributed by atoms with Crippen molar-refractivity contribution in [3.63, 3.8) is 0 Å². The van der Waals surface area contributed by atoms with Crippen LogP contribution in [0.15, 0.2) is 48.8 Å². The van der Waals surface area contributed by atoms with Crippen molar-refractivity contribution in [2.24, 2.45) is 0 Å². The van der Waals surface area contributed by atoms with Gasteiger partial charge >= 0.3 is 6.18 Å². The van der Waals surface area contributed by atoms with Gasteiger partial charge in [-0.3, -0.25) is 4.98 Å². The van der Waals surface area contributed by atoms with E-state index in [9.17, 15) is 13.2 Å². The highest BCUT2D eigenvalue weighted by Crippen LogP contribution is 2.40. The van der Waals surface area contributed by atoms with E-state index in [1.807, 2.05) is 18.2 Å². The summed E-state index contributed by atoms with van der Waals surface area (Å²) < 4.78 is 51.1. The first kappa shape index (κ1) is 20.5. The molecule has 0 bridgehead atoms. The zero-order chi connectivity index (χ0) is 22.1. The van der Waals surface area contributed by atoms with Crippen LogP contribution in [0.5, 0.6) is 11.5 Å². The summed E-state index contributed by atoms with van der Waals surface area (Å²) in [6.45, 7) is 1.50. The van der Waals surface area contributed by atoms with Crippen LogP contribution in [-0.2, 0) is 12.6 Å². The largest absolute Gasteiger partial charge is 0.486 e. The molecule has 5 rings (SSSR count). The number of pyridine rings is 1. The molecular formula is C22H17F3N4O2S. The van der Waals surface area contributed by atoms with Crippen LogP contribution in [-0.4, -0.2) is 34.7 Å². The predicted octanol–water partition coefficient (Wildman–Crippen LogP) is 5.20. The fraction of sp³-hybridized carbons (Fsp3) is 0.227. The van der Waals surface area contributed by atoms with Gasteiger partial charge in [-0.05, 0) is 42.3 Å². The van der Waals surface area contributed by atoms with Crippen LogP contribution in [0.4, 0.5) is 19.0 Å². The van der Waals surface area contributed by atoms with Crippen molar-refractivity contribution in [2.75, 3.05) is 25.1 Å².